The van der Waals surface area contributed by atoms with Crippen molar-refractivity contribution in [3.63, 3.8) is 0 Å². The third-order valence-corrected chi connectivity index (χ3v) is 6.59. The van der Waals surface area contributed by atoms with Crippen LogP contribution >= 0.6 is 0 Å². The molecule has 1 aliphatic rings. The third kappa shape index (κ3) is 5.71. The summed E-state index contributed by atoms with van der Waals surface area (Å²) in [4.78, 5) is 26.6. The van der Waals surface area contributed by atoms with Crippen molar-refractivity contribution in [1.82, 2.24) is 4.90 Å². The standard InChI is InChI=1S/C25H32N2O4/c1-18-16-27(12-11-25(18,2)21-9-6-10-22(28)14-21)17-20(24(30)31-23(29)15-26)13-19-7-4-3-5-8-19/h3-10,14,18,20,28H,11-13,15-17,26H2,1-2H3. The van der Waals surface area contributed by atoms with Crippen molar-refractivity contribution in [1.29, 1.82) is 0 Å². The highest BCUT2D eigenvalue weighted by molar-refractivity contribution is 5.87. The Balaban J connectivity index is 1.71. The van der Waals surface area contributed by atoms with Gasteiger partial charge >= 0.3 is 11.9 Å². The number of esters is 2. The zero-order valence-corrected chi connectivity index (χ0v) is 18.3. The van der Waals surface area contributed by atoms with Gasteiger partial charge in [-0.1, -0.05) is 56.3 Å². The lowest BCUT2D eigenvalue weighted by Gasteiger charge is -2.45. The number of rotatable bonds is 7. The Morgan fingerprint density at radius 3 is 2.61 bits per heavy atom. The number of hydrogen-bond donors (Lipinski definition) is 2. The summed E-state index contributed by atoms with van der Waals surface area (Å²) in [5.41, 5.74) is 7.42. The van der Waals surface area contributed by atoms with E-state index in [-0.39, 0.29) is 17.7 Å². The fraction of sp³-hybridized carbons (Fsp3) is 0.440. The second kappa shape index (κ2) is 10.1. The van der Waals surface area contributed by atoms with Crippen molar-refractivity contribution < 1.29 is 19.4 Å². The van der Waals surface area contributed by atoms with E-state index >= 15 is 0 Å². The Morgan fingerprint density at radius 1 is 1.23 bits per heavy atom. The maximum Gasteiger partial charge on any atom is 0.327 e. The predicted molar refractivity (Wildman–Crippen MR) is 119 cm³/mol. The number of carbonyl (C=O) groups is 2. The molecular weight excluding hydrogens is 392 g/mol. The highest BCUT2D eigenvalue weighted by Crippen LogP contribution is 2.40. The molecule has 166 valence electrons. The van der Waals surface area contributed by atoms with E-state index in [1.54, 1.807) is 6.07 Å². The van der Waals surface area contributed by atoms with Crippen LogP contribution in [0.1, 0.15) is 31.4 Å². The smallest absolute Gasteiger partial charge is 0.327 e. The monoisotopic (exact) mass is 424 g/mol. The molecule has 0 saturated carbocycles. The Morgan fingerprint density at radius 2 is 1.97 bits per heavy atom. The van der Waals surface area contributed by atoms with Gasteiger partial charge in [-0.05, 0) is 54.0 Å². The molecule has 0 amide bonds. The van der Waals surface area contributed by atoms with Crippen molar-refractivity contribution in [2.75, 3.05) is 26.2 Å². The van der Waals surface area contributed by atoms with E-state index in [0.717, 1.165) is 30.6 Å². The van der Waals surface area contributed by atoms with E-state index in [2.05, 4.69) is 24.8 Å². The number of piperidine rings is 1. The number of ether oxygens (including phenoxy) is 1. The topological polar surface area (TPSA) is 92.9 Å². The summed E-state index contributed by atoms with van der Waals surface area (Å²) in [6.45, 7) is 6.28. The third-order valence-electron chi connectivity index (χ3n) is 6.59. The number of benzene rings is 2. The van der Waals surface area contributed by atoms with E-state index in [0.29, 0.717) is 18.9 Å². The molecule has 1 aliphatic heterocycles. The minimum atomic E-state index is -0.702. The Bertz CT molecular complexity index is 901. The van der Waals surface area contributed by atoms with Gasteiger partial charge in [-0.3, -0.25) is 9.59 Å². The quantitative estimate of drug-likeness (QED) is 0.524. The Kier molecular flexibility index (Phi) is 7.46. The van der Waals surface area contributed by atoms with E-state index in [1.165, 1.54) is 0 Å². The molecule has 0 aliphatic carbocycles. The molecule has 3 atom stereocenters. The predicted octanol–water partition coefficient (Wildman–Crippen LogP) is 2.88. The highest BCUT2D eigenvalue weighted by atomic mass is 16.6. The maximum atomic E-state index is 12.7. The first-order valence-electron chi connectivity index (χ1n) is 10.8. The summed E-state index contributed by atoms with van der Waals surface area (Å²) in [6.07, 6.45) is 1.42. The van der Waals surface area contributed by atoms with Gasteiger partial charge in [0.1, 0.15) is 5.75 Å². The number of hydrogen-bond acceptors (Lipinski definition) is 6. The van der Waals surface area contributed by atoms with Gasteiger partial charge in [0.2, 0.25) is 0 Å². The van der Waals surface area contributed by atoms with E-state index in [9.17, 15) is 14.7 Å². The van der Waals surface area contributed by atoms with Crippen LogP contribution in [0.5, 0.6) is 5.75 Å². The van der Waals surface area contributed by atoms with E-state index < -0.39 is 17.9 Å². The molecular formula is C25H32N2O4. The number of phenolic OH excluding ortho intramolecular Hbond substituents is 1. The molecule has 6 nitrogen and oxygen atoms in total. The molecule has 6 heteroatoms. The molecule has 3 rings (SSSR count). The van der Waals surface area contributed by atoms with Gasteiger partial charge in [0.25, 0.3) is 0 Å². The lowest BCUT2D eigenvalue weighted by Crippen LogP contribution is -2.49. The van der Waals surface area contributed by atoms with Gasteiger partial charge in [-0.25, -0.2) is 0 Å². The van der Waals surface area contributed by atoms with Gasteiger partial charge in [0, 0.05) is 13.1 Å². The van der Waals surface area contributed by atoms with Crippen molar-refractivity contribution in [2.45, 2.75) is 32.1 Å². The normalized spacial score (nSPS) is 22.6. The Labute approximate surface area is 184 Å². The van der Waals surface area contributed by atoms with Crippen LogP contribution in [0.25, 0.3) is 0 Å². The first-order chi connectivity index (χ1) is 14.8. The van der Waals surface area contributed by atoms with Crippen LogP contribution in [-0.4, -0.2) is 48.1 Å². The van der Waals surface area contributed by atoms with Crippen LogP contribution < -0.4 is 5.73 Å². The average Bonchev–Trinajstić information content (AvgIpc) is 2.76. The summed E-state index contributed by atoms with van der Waals surface area (Å²) in [6, 6.07) is 17.2. The number of nitrogens with two attached hydrogens (primary N) is 1. The summed E-state index contributed by atoms with van der Waals surface area (Å²) >= 11 is 0. The van der Waals surface area contributed by atoms with Gasteiger partial charge in [0.15, 0.2) is 0 Å². The molecule has 2 aromatic rings. The van der Waals surface area contributed by atoms with Gasteiger partial charge in [0.05, 0.1) is 12.5 Å². The number of likely N-dealkylation sites (tertiary alicyclic amines) is 1. The molecule has 3 unspecified atom stereocenters. The average molecular weight is 425 g/mol. The molecule has 1 saturated heterocycles. The van der Waals surface area contributed by atoms with Crippen molar-refractivity contribution in [2.24, 2.45) is 17.6 Å². The van der Waals surface area contributed by atoms with Crippen molar-refractivity contribution >= 4 is 11.9 Å². The second-order valence-electron chi connectivity index (χ2n) is 8.76. The fourth-order valence-electron chi connectivity index (χ4n) is 4.44. The molecule has 0 spiro atoms. The summed E-state index contributed by atoms with van der Waals surface area (Å²) in [7, 11) is 0. The van der Waals surface area contributed by atoms with Crippen LogP contribution in [0.15, 0.2) is 54.6 Å². The van der Waals surface area contributed by atoms with Gasteiger partial charge < -0.3 is 20.5 Å². The number of aromatic hydroxyl groups is 1. The zero-order chi connectivity index (χ0) is 22.4. The summed E-state index contributed by atoms with van der Waals surface area (Å²) in [5.74, 6) is -1.07. The lowest BCUT2D eigenvalue weighted by molar-refractivity contribution is -0.162. The highest BCUT2D eigenvalue weighted by Gasteiger charge is 2.39. The van der Waals surface area contributed by atoms with Crippen LogP contribution in [-0.2, 0) is 26.2 Å². The van der Waals surface area contributed by atoms with E-state index in [4.69, 9.17) is 10.5 Å². The minimum absolute atomic E-state index is 0.0554. The number of nitrogens with zero attached hydrogens (tertiary/aromatic N) is 1. The molecule has 3 N–H and O–H groups in total. The van der Waals surface area contributed by atoms with Crippen molar-refractivity contribution in [3.8, 4) is 5.75 Å². The van der Waals surface area contributed by atoms with Gasteiger partial charge in [-0.15, -0.1) is 0 Å². The Hall–Kier alpha value is -2.70. The minimum Gasteiger partial charge on any atom is -0.508 e. The summed E-state index contributed by atoms with van der Waals surface area (Å²) in [5, 5.41) is 9.91. The molecule has 0 radical (unpaired) electrons. The molecule has 2 aromatic carbocycles. The molecule has 31 heavy (non-hydrogen) atoms. The molecule has 0 bridgehead atoms. The maximum absolute atomic E-state index is 12.7. The molecule has 1 heterocycles. The van der Waals surface area contributed by atoms with E-state index in [1.807, 2.05) is 42.5 Å². The first kappa shape index (κ1) is 23.0. The number of phenols is 1. The molecule has 1 fully saturated rings. The zero-order valence-electron chi connectivity index (χ0n) is 18.3. The van der Waals surface area contributed by atoms with Crippen LogP contribution in [0, 0.1) is 11.8 Å². The van der Waals surface area contributed by atoms with Crippen molar-refractivity contribution in [3.05, 3.63) is 65.7 Å². The number of carbonyl (C=O) groups excluding carboxylic acids is 2. The second-order valence-corrected chi connectivity index (χ2v) is 8.76. The lowest BCUT2D eigenvalue weighted by atomic mass is 9.68. The van der Waals surface area contributed by atoms with Crippen LogP contribution in [0.2, 0.25) is 0 Å². The van der Waals surface area contributed by atoms with Crippen LogP contribution in [0.3, 0.4) is 0 Å². The largest absolute Gasteiger partial charge is 0.508 e. The fourth-order valence-corrected chi connectivity index (χ4v) is 4.44. The first-order valence-corrected chi connectivity index (χ1v) is 10.8. The van der Waals surface area contributed by atoms with Crippen LogP contribution in [0.4, 0.5) is 0 Å². The molecule has 0 aromatic heterocycles. The summed E-state index contributed by atoms with van der Waals surface area (Å²) < 4.78 is 4.97. The SMILES string of the molecule is CC1CN(CC(Cc2ccccc2)C(=O)OC(=O)CN)CCC1(C)c1cccc(O)c1. The van der Waals surface area contributed by atoms with Gasteiger partial charge in [-0.2, -0.15) is 0 Å².